The minimum Gasteiger partial charge on any atom is -0.383 e. The molecule has 23 heavy (non-hydrogen) atoms. The highest BCUT2D eigenvalue weighted by atomic mass is 32.1. The van der Waals surface area contributed by atoms with E-state index in [9.17, 15) is 9.90 Å². The van der Waals surface area contributed by atoms with Crippen LogP contribution in [0.1, 0.15) is 39.8 Å². The summed E-state index contributed by atoms with van der Waals surface area (Å²) in [7, 11) is 0. The first-order chi connectivity index (χ1) is 10.9. The first-order valence-electron chi connectivity index (χ1n) is 7.77. The summed E-state index contributed by atoms with van der Waals surface area (Å²) in [5, 5.41) is 11.4. The number of carbonyl (C=O) groups excluding carboxylic acids is 1. The van der Waals surface area contributed by atoms with E-state index in [0.717, 1.165) is 16.8 Å². The van der Waals surface area contributed by atoms with E-state index in [4.69, 9.17) is 5.73 Å². The van der Waals surface area contributed by atoms with Crippen molar-refractivity contribution in [3.63, 3.8) is 0 Å². The number of nitrogens with two attached hydrogens (primary N) is 1. The summed E-state index contributed by atoms with van der Waals surface area (Å²) in [4.78, 5) is 19.3. The number of thiazole rings is 1. The predicted octanol–water partition coefficient (Wildman–Crippen LogP) is 2.33. The predicted molar refractivity (Wildman–Crippen MR) is 91.5 cm³/mol. The van der Waals surface area contributed by atoms with Crippen molar-refractivity contribution in [1.29, 1.82) is 0 Å². The lowest BCUT2D eigenvalue weighted by atomic mass is 9.89. The number of aromatic nitrogens is 1. The van der Waals surface area contributed by atoms with Gasteiger partial charge in [-0.2, -0.15) is 0 Å². The molecule has 2 heterocycles. The van der Waals surface area contributed by atoms with E-state index in [1.165, 1.54) is 11.3 Å². The Labute approximate surface area is 139 Å². The average molecular weight is 331 g/mol. The van der Waals surface area contributed by atoms with Gasteiger partial charge < -0.3 is 15.7 Å². The fourth-order valence-electron chi connectivity index (χ4n) is 3.20. The summed E-state index contributed by atoms with van der Waals surface area (Å²) in [6.07, 6.45) is 1.21. The van der Waals surface area contributed by atoms with Crippen LogP contribution in [0.5, 0.6) is 0 Å². The molecule has 1 atom stereocenters. The fraction of sp³-hybridized carbons (Fsp3) is 0.412. The first-order valence-corrected chi connectivity index (χ1v) is 8.59. The Hall–Kier alpha value is -1.92. The molecule has 1 fully saturated rings. The molecule has 2 aromatic rings. The lowest BCUT2D eigenvalue weighted by Gasteiger charge is -2.25. The maximum atomic E-state index is 12.8. The molecule has 0 saturated carbocycles. The summed E-state index contributed by atoms with van der Waals surface area (Å²) >= 11 is 1.23. The molecule has 0 radical (unpaired) electrons. The normalized spacial score (nSPS) is 20.9. The van der Waals surface area contributed by atoms with Gasteiger partial charge in [-0.3, -0.25) is 4.79 Å². The van der Waals surface area contributed by atoms with Gasteiger partial charge in [-0.15, -0.1) is 0 Å². The number of carbonyl (C=O) groups is 1. The number of aryl methyl sites for hydroxylation is 2. The summed E-state index contributed by atoms with van der Waals surface area (Å²) in [5.41, 5.74) is 7.44. The van der Waals surface area contributed by atoms with Crippen molar-refractivity contribution < 1.29 is 9.90 Å². The van der Waals surface area contributed by atoms with Gasteiger partial charge in [0.25, 0.3) is 5.91 Å². The van der Waals surface area contributed by atoms with E-state index in [2.05, 4.69) is 4.98 Å². The number of benzene rings is 1. The fourth-order valence-corrected chi connectivity index (χ4v) is 4.09. The van der Waals surface area contributed by atoms with Crippen molar-refractivity contribution in [3.05, 3.63) is 46.0 Å². The summed E-state index contributed by atoms with van der Waals surface area (Å²) in [5.74, 6) is -0.0828. The molecular weight excluding hydrogens is 310 g/mol. The lowest BCUT2D eigenvalue weighted by Crippen LogP contribution is -2.34. The number of hydrogen-bond donors (Lipinski definition) is 2. The number of likely N-dealkylation sites (tertiary alicyclic amines) is 1. The van der Waals surface area contributed by atoms with Crippen LogP contribution in [0.25, 0.3) is 0 Å². The second kappa shape index (κ2) is 5.94. The standard InChI is InChI=1S/C17H21N3O2S/c1-3-13-14(23-16(18)19-13)15(21)20-9-8-17(22,10-20)12-7-5-4-6-11(12)2/h4-7,22H,3,8-10H2,1-2H3,(H2,18,19). The summed E-state index contributed by atoms with van der Waals surface area (Å²) in [6.45, 7) is 4.78. The molecule has 0 spiro atoms. The van der Waals surface area contributed by atoms with Gasteiger partial charge in [0.1, 0.15) is 10.5 Å². The molecule has 3 rings (SSSR count). The Morgan fingerprint density at radius 2 is 2.22 bits per heavy atom. The molecule has 1 aromatic heterocycles. The molecule has 1 unspecified atom stereocenters. The highest BCUT2D eigenvalue weighted by Gasteiger charge is 2.41. The van der Waals surface area contributed by atoms with E-state index in [-0.39, 0.29) is 5.91 Å². The van der Waals surface area contributed by atoms with Crippen LogP contribution in [0.2, 0.25) is 0 Å². The van der Waals surface area contributed by atoms with E-state index in [1.54, 1.807) is 4.90 Å². The minimum atomic E-state index is -0.983. The Kier molecular flexibility index (Phi) is 4.12. The van der Waals surface area contributed by atoms with Crippen molar-refractivity contribution in [2.24, 2.45) is 0 Å². The molecule has 122 valence electrons. The Bertz CT molecular complexity index is 743. The molecular formula is C17H21N3O2S. The second-order valence-corrected chi connectivity index (χ2v) is 7.04. The van der Waals surface area contributed by atoms with Crippen LogP contribution < -0.4 is 5.73 Å². The third kappa shape index (κ3) is 2.84. The summed E-state index contributed by atoms with van der Waals surface area (Å²) in [6, 6.07) is 7.79. The van der Waals surface area contributed by atoms with Gasteiger partial charge in [0.15, 0.2) is 5.13 Å². The molecule has 0 bridgehead atoms. The van der Waals surface area contributed by atoms with Crippen molar-refractivity contribution in [3.8, 4) is 0 Å². The maximum absolute atomic E-state index is 12.8. The Morgan fingerprint density at radius 1 is 1.48 bits per heavy atom. The number of hydrogen-bond acceptors (Lipinski definition) is 5. The van der Waals surface area contributed by atoms with Gasteiger partial charge in [0.05, 0.1) is 12.2 Å². The number of anilines is 1. The molecule has 5 nitrogen and oxygen atoms in total. The molecule has 1 saturated heterocycles. The highest BCUT2D eigenvalue weighted by molar-refractivity contribution is 7.17. The zero-order valence-electron chi connectivity index (χ0n) is 13.4. The van der Waals surface area contributed by atoms with Crippen LogP contribution in [0.3, 0.4) is 0 Å². The van der Waals surface area contributed by atoms with Crippen LogP contribution in [-0.2, 0) is 12.0 Å². The van der Waals surface area contributed by atoms with Crippen molar-refractivity contribution in [2.75, 3.05) is 18.8 Å². The van der Waals surface area contributed by atoms with Gasteiger partial charge in [-0.1, -0.05) is 42.5 Å². The van der Waals surface area contributed by atoms with Gasteiger partial charge in [-0.05, 0) is 30.9 Å². The molecule has 6 heteroatoms. The number of nitrogens with zero attached hydrogens (tertiary/aromatic N) is 2. The third-order valence-corrected chi connectivity index (χ3v) is 5.34. The van der Waals surface area contributed by atoms with Crippen LogP contribution in [0.4, 0.5) is 5.13 Å². The Morgan fingerprint density at radius 3 is 2.91 bits per heavy atom. The van der Waals surface area contributed by atoms with Crippen molar-refractivity contribution >= 4 is 22.4 Å². The Balaban J connectivity index is 1.84. The number of β-amino-alcohol motifs (C(OH)–C–C–N with tert-alkyl or cyclic N) is 1. The molecule has 0 aliphatic carbocycles. The number of nitrogen functional groups attached to an aromatic ring is 1. The van der Waals surface area contributed by atoms with Crippen molar-refractivity contribution in [1.82, 2.24) is 9.88 Å². The molecule has 1 amide bonds. The second-order valence-electron chi connectivity index (χ2n) is 6.00. The third-order valence-electron chi connectivity index (χ3n) is 4.42. The van der Waals surface area contributed by atoms with E-state index in [0.29, 0.717) is 35.9 Å². The van der Waals surface area contributed by atoms with Gasteiger partial charge in [0, 0.05) is 6.54 Å². The summed E-state index contributed by atoms with van der Waals surface area (Å²) < 4.78 is 0. The average Bonchev–Trinajstić information content (AvgIpc) is 3.11. The largest absolute Gasteiger partial charge is 0.383 e. The molecule has 1 aromatic carbocycles. The highest BCUT2D eigenvalue weighted by Crippen LogP contribution is 2.35. The van der Waals surface area contributed by atoms with E-state index < -0.39 is 5.60 Å². The van der Waals surface area contributed by atoms with Gasteiger partial charge in [0.2, 0.25) is 0 Å². The van der Waals surface area contributed by atoms with Gasteiger partial charge in [-0.25, -0.2) is 4.98 Å². The number of rotatable bonds is 3. The van der Waals surface area contributed by atoms with Gasteiger partial charge >= 0.3 is 0 Å². The first kappa shape index (κ1) is 16.0. The smallest absolute Gasteiger partial charge is 0.266 e. The van der Waals surface area contributed by atoms with Crippen LogP contribution >= 0.6 is 11.3 Å². The SMILES string of the molecule is CCc1nc(N)sc1C(=O)N1CCC(O)(c2ccccc2C)C1. The monoisotopic (exact) mass is 331 g/mol. The molecule has 1 aliphatic rings. The maximum Gasteiger partial charge on any atom is 0.266 e. The van der Waals surface area contributed by atoms with E-state index >= 15 is 0 Å². The zero-order chi connectivity index (χ0) is 16.6. The molecule has 3 N–H and O–H groups in total. The van der Waals surface area contributed by atoms with Crippen LogP contribution in [0, 0.1) is 6.92 Å². The van der Waals surface area contributed by atoms with Crippen molar-refractivity contribution in [2.45, 2.75) is 32.3 Å². The lowest BCUT2D eigenvalue weighted by molar-refractivity contribution is 0.0413. The minimum absolute atomic E-state index is 0.0828. The van der Waals surface area contributed by atoms with Crippen LogP contribution in [0.15, 0.2) is 24.3 Å². The molecule has 1 aliphatic heterocycles. The van der Waals surface area contributed by atoms with Crippen LogP contribution in [-0.4, -0.2) is 34.0 Å². The quantitative estimate of drug-likeness (QED) is 0.905. The zero-order valence-corrected chi connectivity index (χ0v) is 14.2. The topological polar surface area (TPSA) is 79.5 Å². The number of aliphatic hydroxyl groups is 1. The number of amides is 1. The van der Waals surface area contributed by atoms with E-state index in [1.807, 2.05) is 38.1 Å².